The molecule has 0 rings (SSSR count). The number of carbonyl (C=O) groups excluding carboxylic acids is 2. The largest absolute Gasteiger partial charge is 0.472 e. The summed E-state index contributed by atoms with van der Waals surface area (Å²) < 4.78 is 33.1. The Bertz CT molecular complexity index is 1770. The molecule has 0 fully saturated rings. The van der Waals surface area contributed by atoms with Gasteiger partial charge in [0, 0.05) is 19.4 Å². The lowest BCUT2D eigenvalue weighted by atomic mass is 10.0. The van der Waals surface area contributed by atoms with Crippen LogP contribution in [0.4, 0.5) is 0 Å². The molecule has 0 spiro atoms. The van der Waals surface area contributed by atoms with E-state index in [0.717, 1.165) is 96.3 Å². The molecule has 2 unspecified atom stereocenters. The molecule has 0 aromatic carbocycles. The van der Waals surface area contributed by atoms with Crippen LogP contribution in [0.3, 0.4) is 0 Å². The number of nitrogens with two attached hydrogens (primary N) is 1. The van der Waals surface area contributed by atoms with Crippen LogP contribution in [-0.4, -0.2) is 49.3 Å². The Balaban J connectivity index is 4.01. The summed E-state index contributed by atoms with van der Waals surface area (Å²) in [7, 11) is -4.41. The van der Waals surface area contributed by atoms with Crippen LogP contribution in [0.2, 0.25) is 0 Å². The third-order valence-corrected chi connectivity index (χ3v) is 15.3. The van der Waals surface area contributed by atoms with Gasteiger partial charge in [-0.3, -0.25) is 18.6 Å². The zero-order chi connectivity index (χ0) is 60.1. The lowest BCUT2D eigenvalue weighted by molar-refractivity contribution is -0.161. The predicted octanol–water partition coefficient (Wildman–Crippen LogP) is 22.3. The molecule has 0 saturated heterocycles. The van der Waals surface area contributed by atoms with Gasteiger partial charge in [-0.15, -0.1) is 0 Å². The number of rotatable bonds is 63. The van der Waals surface area contributed by atoms with E-state index in [9.17, 15) is 19.0 Å². The summed E-state index contributed by atoms with van der Waals surface area (Å²) >= 11 is 0. The van der Waals surface area contributed by atoms with Crippen LogP contribution >= 0.6 is 7.82 Å². The van der Waals surface area contributed by atoms with Crippen LogP contribution in [0.1, 0.15) is 296 Å². The van der Waals surface area contributed by atoms with E-state index in [1.165, 1.54) is 167 Å². The summed E-state index contributed by atoms with van der Waals surface area (Å²) in [5.41, 5.74) is 5.39. The number of esters is 2. The average molecular weight is 1180 g/mol. The Morgan fingerprint density at radius 2 is 0.663 bits per heavy atom. The molecule has 3 N–H and O–H groups in total. The fourth-order valence-corrected chi connectivity index (χ4v) is 10.1. The molecule has 0 heterocycles. The van der Waals surface area contributed by atoms with E-state index in [-0.39, 0.29) is 32.6 Å². The van der Waals surface area contributed by atoms with Crippen molar-refractivity contribution in [3.63, 3.8) is 0 Å². The minimum absolute atomic E-state index is 0.0411. The van der Waals surface area contributed by atoms with Gasteiger partial charge in [0.2, 0.25) is 0 Å². The highest BCUT2D eigenvalue weighted by atomic mass is 31.2. The molecule has 476 valence electrons. The van der Waals surface area contributed by atoms with Gasteiger partial charge in [-0.05, 0) is 89.9 Å². The zero-order valence-corrected chi connectivity index (χ0v) is 54.3. The fraction of sp³-hybridized carbons (Fsp3) is 0.699. The van der Waals surface area contributed by atoms with Gasteiger partial charge in [0.15, 0.2) is 6.10 Å². The number of phosphoric acid groups is 1. The van der Waals surface area contributed by atoms with Crippen LogP contribution < -0.4 is 5.73 Å². The highest BCUT2D eigenvalue weighted by molar-refractivity contribution is 7.47. The molecule has 0 aromatic rings. The average Bonchev–Trinajstić information content (AvgIpc) is 3.49. The second-order valence-corrected chi connectivity index (χ2v) is 23.8. The summed E-state index contributed by atoms with van der Waals surface area (Å²) in [4.78, 5) is 35.3. The van der Waals surface area contributed by atoms with Crippen molar-refractivity contribution in [3.8, 4) is 0 Å². The first-order valence-corrected chi connectivity index (χ1v) is 35.5. The second kappa shape index (κ2) is 67.5. The molecular weight excluding hydrogens is 1050 g/mol. The lowest BCUT2D eigenvalue weighted by Crippen LogP contribution is -2.29. The Hall–Kier alpha value is -3.59. The third kappa shape index (κ3) is 67.4. The van der Waals surface area contributed by atoms with E-state index in [4.69, 9.17) is 24.3 Å². The standard InChI is InChI=1S/C73H126NO8P/c1-3-5-7-9-11-13-15-17-19-21-23-25-27-29-31-33-34-35-36-38-40-42-44-46-48-50-52-54-56-58-60-62-64-66-73(76)82-71(70-81-83(77,78)80-68-67-74)69-79-72(75)65-63-61-59-57-55-53-51-49-47-45-43-41-39-37-32-30-28-26-24-22-20-18-16-14-12-10-8-6-4-2/h5,7,11,13,17,19,23,25,29,31,34-35,38,40,44,46,50,52,56,58,71H,3-4,6,8-10,12,14-16,18,20-22,24,26-28,30,32-33,36-37,39,41-43,45,47-49,51,53-55,57,59-70,74H2,1-2H3,(H,77,78)/b7-5-,13-11-,19-17-,25-23-,31-29-,35-34-,40-38-,46-44-,52-50-,58-56-. The number of unbranched alkanes of at least 4 members (excludes halogenated alkanes) is 30. The number of carbonyl (C=O) groups is 2. The quantitative estimate of drug-likeness (QED) is 0.0264. The van der Waals surface area contributed by atoms with E-state index < -0.39 is 32.5 Å². The molecule has 2 atom stereocenters. The number of phosphoric ester groups is 1. The Morgan fingerprint density at radius 3 is 0.988 bits per heavy atom. The molecule has 0 aliphatic carbocycles. The highest BCUT2D eigenvalue weighted by Crippen LogP contribution is 2.43. The van der Waals surface area contributed by atoms with E-state index in [1.54, 1.807) is 0 Å². The first-order valence-electron chi connectivity index (χ1n) is 34.0. The predicted molar refractivity (Wildman–Crippen MR) is 358 cm³/mol. The molecule has 0 aromatic heterocycles. The summed E-state index contributed by atoms with van der Waals surface area (Å²) in [5, 5.41) is 0. The lowest BCUT2D eigenvalue weighted by Gasteiger charge is -2.19. The molecule has 0 aliphatic rings. The number of hydrogen-bond acceptors (Lipinski definition) is 8. The van der Waals surface area contributed by atoms with Gasteiger partial charge in [0.1, 0.15) is 6.61 Å². The van der Waals surface area contributed by atoms with Gasteiger partial charge in [-0.25, -0.2) is 4.57 Å². The van der Waals surface area contributed by atoms with Crippen molar-refractivity contribution in [1.29, 1.82) is 0 Å². The summed E-state index contributed by atoms with van der Waals surface area (Å²) in [6.45, 7) is 3.61. The number of hydrogen-bond donors (Lipinski definition) is 2. The minimum Gasteiger partial charge on any atom is -0.462 e. The van der Waals surface area contributed by atoms with E-state index >= 15 is 0 Å². The minimum atomic E-state index is -4.41. The van der Waals surface area contributed by atoms with Crippen molar-refractivity contribution < 1.29 is 37.6 Å². The second-order valence-electron chi connectivity index (χ2n) is 22.3. The SMILES string of the molecule is CC/C=C\C/C=C\C/C=C\C/C=C\C/C=C\C/C=C\C/C=C\C/C=C\C/C=C\C/C=C\CCCCC(=O)OC(COC(=O)CCCCCCCCCCCCCCCCCCCCCCCCCCCCCCC)COP(=O)(O)OCCN. The van der Waals surface area contributed by atoms with Crippen LogP contribution in [0, 0.1) is 0 Å². The Kier molecular flexibility index (Phi) is 64.6. The topological polar surface area (TPSA) is 134 Å². The first kappa shape index (κ1) is 79.4. The van der Waals surface area contributed by atoms with Crippen LogP contribution in [0.5, 0.6) is 0 Å². The molecule has 0 saturated carbocycles. The molecular formula is C73H126NO8P. The smallest absolute Gasteiger partial charge is 0.462 e. The molecule has 0 bridgehead atoms. The molecule has 9 nitrogen and oxygen atoms in total. The monoisotopic (exact) mass is 1180 g/mol. The van der Waals surface area contributed by atoms with Crippen LogP contribution in [-0.2, 0) is 32.7 Å². The van der Waals surface area contributed by atoms with Crippen LogP contribution in [0.25, 0.3) is 0 Å². The van der Waals surface area contributed by atoms with Crippen molar-refractivity contribution in [2.24, 2.45) is 5.73 Å². The fourth-order valence-electron chi connectivity index (χ4n) is 9.37. The maximum absolute atomic E-state index is 12.7. The Morgan fingerprint density at radius 1 is 0.373 bits per heavy atom. The molecule has 0 radical (unpaired) electrons. The number of ether oxygens (including phenoxy) is 2. The normalized spacial score (nSPS) is 13.7. The maximum Gasteiger partial charge on any atom is 0.472 e. The zero-order valence-electron chi connectivity index (χ0n) is 53.4. The van der Waals surface area contributed by atoms with Gasteiger partial charge in [0.25, 0.3) is 0 Å². The van der Waals surface area contributed by atoms with E-state index in [1.807, 2.05) is 0 Å². The maximum atomic E-state index is 12.7. The van der Waals surface area contributed by atoms with Gasteiger partial charge >= 0.3 is 19.8 Å². The van der Waals surface area contributed by atoms with Crippen LogP contribution in [0.15, 0.2) is 122 Å². The highest BCUT2D eigenvalue weighted by Gasteiger charge is 2.26. The summed E-state index contributed by atoms with van der Waals surface area (Å²) in [6.07, 6.45) is 94.4. The third-order valence-electron chi connectivity index (χ3n) is 14.4. The number of allylic oxidation sites excluding steroid dienone is 20. The van der Waals surface area contributed by atoms with Gasteiger partial charge in [-0.2, -0.15) is 0 Å². The Labute approximate surface area is 511 Å². The van der Waals surface area contributed by atoms with E-state index in [0.29, 0.717) is 6.42 Å². The van der Waals surface area contributed by atoms with Crippen molar-refractivity contribution >= 4 is 19.8 Å². The summed E-state index contributed by atoms with van der Waals surface area (Å²) in [5.74, 6) is -0.876. The van der Waals surface area contributed by atoms with Gasteiger partial charge in [-0.1, -0.05) is 315 Å². The van der Waals surface area contributed by atoms with Gasteiger partial charge in [0.05, 0.1) is 13.2 Å². The molecule has 83 heavy (non-hydrogen) atoms. The first-order chi connectivity index (χ1) is 40.8. The van der Waals surface area contributed by atoms with Crippen molar-refractivity contribution in [2.75, 3.05) is 26.4 Å². The summed E-state index contributed by atoms with van der Waals surface area (Å²) in [6, 6.07) is 0. The van der Waals surface area contributed by atoms with Crippen molar-refractivity contribution in [3.05, 3.63) is 122 Å². The van der Waals surface area contributed by atoms with Gasteiger partial charge < -0.3 is 20.1 Å². The van der Waals surface area contributed by atoms with E-state index in [2.05, 4.69) is 135 Å². The molecule has 0 amide bonds. The van der Waals surface area contributed by atoms with Crippen molar-refractivity contribution in [1.82, 2.24) is 0 Å². The molecule has 10 heteroatoms. The molecule has 0 aliphatic heterocycles. The van der Waals surface area contributed by atoms with Crippen molar-refractivity contribution in [2.45, 2.75) is 302 Å².